The van der Waals surface area contributed by atoms with Gasteiger partial charge in [0.15, 0.2) is 17.3 Å². The molecule has 0 atom stereocenters. The van der Waals surface area contributed by atoms with Gasteiger partial charge in [-0.1, -0.05) is 66.7 Å². The third-order valence-electron chi connectivity index (χ3n) is 4.86. The van der Waals surface area contributed by atoms with Crippen LogP contribution in [0.2, 0.25) is 0 Å². The van der Waals surface area contributed by atoms with Crippen molar-refractivity contribution in [2.75, 3.05) is 19.1 Å². The van der Waals surface area contributed by atoms with Crippen molar-refractivity contribution in [3.63, 3.8) is 0 Å². The van der Waals surface area contributed by atoms with Crippen LogP contribution in [0, 0.1) is 4.77 Å². The molecule has 0 unspecified atom stereocenters. The van der Waals surface area contributed by atoms with E-state index in [0.29, 0.717) is 23.7 Å². The molecule has 158 valence electrons. The van der Waals surface area contributed by atoms with E-state index < -0.39 is 0 Å². The SMILES string of the molecule is COc1cc(CNn2c(-c3ccccc3)n[nH]c2=S)ccc1OCCc1ccccc1. The highest BCUT2D eigenvalue weighted by molar-refractivity contribution is 7.71. The monoisotopic (exact) mass is 432 g/mol. The van der Waals surface area contributed by atoms with Gasteiger partial charge < -0.3 is 14.9 Å². The molecule has 0 aliphatic heterocycles. The summed E-state index contributed by atoms with van der Waals surface area (Å²) in [6.45, 7) is 1.14. The van der Waals surface area contributed by atoms with Crippen molar-refractivity contribution in [1.29, 1.82) is 0 Å². The topological polar surface area (TPSA) is 64.1 Å². The Morgan fingerprint density at radius 1 is 0.935 bits per heavy atom. The maximum Gasteiger partial charge on any atom is 0.214 e. The molecular formula is C24H24N4O2S. The van der Waals surface area contributed by atoms with Gasteiger partial charge in [0.25, 0.3) is 0 Å². The molecule has 0 radical (unpaired) electrons. The molecule has 0 bridgehead atoms. The Hall–Kier alpha value is -3.58. The number of hydrogen-bond acceptors (Lipinski definition) is 5. The minimum absolute atomic E-state index is 0.506. The van der Waals surface area contributed by atoms with Crippen LogP contribution in [0.1, 0.15) is 11.1 Å². The molecule has 3 aromatic carbocycles. The van der Waals surface area contributed by atoms with Gasteiger partial charge in [-0.05, 0) is 35.5 Å². The molecule has 0 aliphatic rings. The standard InChI is InChI=1S/C24H24N4O2S/c1-29-22-16-19(12-13-21(22)30-15-14-18-8-4-2-5-9-18)17-25-28-23(26-27-24(28)31)20-10-6-3-7-11-20/h2-13,16,25H,14-15,17H2,1H3,(H,27,31). The van der Waals surface area contributed by atoms with E-state index in [4.69, 9.17) is 21.7 Å². The van der Waals surface area contributed by atoms with Crippen LogP contribution in [0.4, 0.5) is 0 Å². The summed E-state index contributed by atoms with van der Waals surface area (Å²) < 4.78 is 13.8. The lowest BCUT2D eigenvalue weighted by Crippen LogP contribution is -2.16. The normalized spacial score (nSPS) is 10.6. The summed E-state index contributed by atoms with van der Waals surface area (Å²) in [7, 11) is 1.65. The average molecular weight is 433 g/mol. The molecule has 6 nitrogen and oxygen atoms in total. The van der Waals surface area contributed by atoms with E-state index in [1.54, 1.807) is 11.8 Å². The van der Waals surface area contributed by atoms with Crippen LogP contribution in [0.3, 0.4) is 0 Å². The van der Waals surface area contributed by atoms with Crippen molar-refractivity contribution in [1.82, 2.24) is 14.9 Å². The molecule has 1 aromatic heterocycles. The van der Waals surface area contributed by atoms with E-state index in [2.05, 4.69) is 27.8 Å². The first-order valence-electron chi connectivity index (χ1n) is 10.0. The second-order valence-corrected chi connectivity index (χ2v) is 7.34. The molecular weight excluding hydrogens is 408 g/mol. The Morgan fingerprint density at radius 2 is 1.68 bits per heavy atom. The first-order valence-corrected chi connectivity index (χ1v) is 10.5. The Labute approximate surface area is 186 Å². The summed E-state index contributed by atoms with van der Waals surface area (Å²) in [4.78, 5) is 0. The van der Waals surface area contributed by atoms with Crippen molar-refractivity contribution in [3.05, 3.63) is 94.8 Å². The largest absolute Gasteiger partial charge is 0.493 e. The summed E-state index contributed by atoms with van der Waals surface area (Å²) in [5.41, 5.74) is 6.59. The van der Waals surface area contributed by atoms with Gasteiger partial charge in [0.1, 0.15) is 0 Å². The molecule has 4 aromatic rings. The molecule has 0 spiro atoms. The fourth-order valence-corrected chi connectivity index (χ4v) is 3.46. The zero-order valence-corrected chi connectivity index (χ0v) is 18.1. The fraction of sp³-hybridized carbons (Fsp3) is 0.167. The summed E-state index contributed by atoms with van der Waals surface area (Å²) in [6.07, 6.45) is 0.842. The van der Waals surface area contributed by atoms with Gasteiger partial charge >= 0.3 is 0 Å². The molecule has 7 heteroatoms. The zero-order valence-electron chi connectivity index (χ0n) is 17.2. The Morgan fingerprint density at radius 3 is 2.42 bits per heavy atom. The lowest BCUT2D eigenvalue weighted by atomic mass is 10.1. The van der Waals surface area contributed by atoms with Crippen LogP contribution in [0.25, 0.3) is 11.4 Å². The smallest absolute Gasteiger partial charge is 0.214 e. The molecule has 0 saturated carbocycles. The number of nitrogens with zero attached hydrogens (tertiary/aromatic N) is 2. The molecule has 4 rings (SSSR count). The van der Waals surface area contributed by atoms with Gasteiger partial charge in [0.05, 0.1) is 20.3 Å². The maximum absolute atomic E-state index is 5.95. The Kier molecular flexibility index (Phi) is 6.64. The van der Waals surface area contributed by atoms with Crippen molar-refractivity contribution >= 4 is 12.2 Å². The van der Waals surface area contributed by atoms with Crippen LogP contribution in [0.15, 0.2) is 78.9 Å². The summed E-state index contributed by atoms with van der Waals surface area (Å²) in [6, 6.07) is 26.1. The zero-order chi connectivity index (χ0) is 21.5. The lowest BCUT2D eigenvalue weighted by molar-refractivity contribution is 0.297. The van der Waals surface area contributed by atoms with Crippen molar-refractivity contribution in [3.8, 4) is 22.9 Å². The van der Waals surface area contributed by atoms with Crippen LogP contribution < -0.4 is 14.9 Å². The number of rotatable bonds is 9. The van der Waals surface area contributed by atoms with E-state index in [1.165, 1.54) is 5.56 Å². The highest BCUT2D eigenvalue weighted by Crippen LogP contribution is 2.28. The molecule has 1 heterocycles. The number of nitrogens with one attached hydrogen (secondary N) is 2. The van der Waals surface area contributed by atoms with E-state index in [1.807, 2.05) is 66.7 Å². The quantitative estimate of drug-likeness (QED) is 0.365. The number of aromatic amines is 1. The van der Waals surface area contributed by atoms with Crippen molar-refractivity contribution in [2.45, 2.75) is 13.0 Å². The second kappa shape index (κ2) is 9.95. The van der Waals surface area contributed by atoms with E-state index in [0.717, 1.165) is 29.1 Å². The fourth-order valence-electron chi connectivity index (χ4n) is 3.26. The number of benzene rings is 3. The number of methoxy groups -OCH3 is 1. The van der Waals surface area contributed by atoms with E-state index >= 15 is 0 Å². The van der Waals surface area contributed by atoms with Crippen molar-refractivity contribution in [2.24, 2.45) is 0 Å². The molecule has 0 aliphatic carbocycles. The summed E-state index contributed by atoms with van der Waals surface area (Å²) in [5.74, 6) is 2.16. The third kappa shape index (κ3) is 5.13. The van der Waals surface area contributed by atoms with Gasteiger partial charge in [-0.2, -0.15) is 5.10 Å². The summed E-state index contributed by atoms with van der Waals surface area (Å²) >= 11 is 5.38. The van der Waals surface area contributed by atoms with Crippen LogP contribution in [-0.2, 0) is 13.0 Å². The molecule has 31 heavy (non-hydrogen) atoms. The second-order valence-electron chi connectivity index (χ2n) is 6.96. The average Bonchev–Trinajstić information content (AvgIpc) is 3.19. The highest BCUT2D eigenvalue weighted by Gasteiger charge is 2.10. The molecule has 0 saturated heterocycles. The number of H-pyrrole nitrogens is 1. The Balaban J connectivity index is 1.42. The van der Waals surface area contributed by atoms with Gasteiger partial charge in [-0.25, -0.2) is 9.77 Å². The van der Waals surface area contributed by atoms with E-state index in [9.17, 15) is 0 Å². The highest BCUT2D eigenvalue weighted by atomic mass is 32.1. The van der Waals surface area contributed by atoms with Crippen LogP contribution in [0.5, 0.6) is 11.5 Å². The van der Waals surface area contributed by atoms with Gasteiger partial charge in [0.2, 0.25) is 4.77 Å². The number of hydrogen-bond donors (Lipinski definition) is 2. The Bertz CT molecular complexity index is 1170. The van der Waals surface area contributed by atoms with Gasteiger partial charge in [-0.15, -0.1) is 0 Å². The van der Waals surface area contributed by atoms with Gasteiger partial charge in [0, 0.05) is 12.0 Å². The van der Waals surface area contributed by atoms with E-state index in [-0.39, 0.29) is 0 Å². The van der Waals surface area contributed by atoms with Crippen LogP contribution in [-0.4, -0.2) is 28.6 Å². The number of ether oxygens (including phenoxy) is 2. The molecule has 2 N–H and O–H groups in total. The minimum Gasteiger partial charge on any atom is -0.493 e. The van der Waals surface area contributed by atoms with Gasteiger partial charge in [-0.3, -0.25) is 0 Å². The first-order chi connectivity index (χ1) is 15.2. The number of aromatic nitrogens is 3. The minimum atomic E-state index is 0.506. The van der Waals surface area contributed by atoms with Crippen molar-refractivity contribution < 1.29 is 9.47 Å². The molecule has 0 fully saturated rings. The summed E-state index contributed by atoms with van der Waals surface area (Å²) in [5, 5.41) is 7.19. The predicted molar refractivity (Wildman–Crippen MR) is 125 cm³/mol. The predicted octanol–water partition coefficient (Wildman–Crippen LogP) is 4.98. The maximum atomic E-state index is 5.95. The van der Waals surface area contributed by atoms with Crippen LogP contribution >= 0.6 is 12.2 Å². The first kappa shape index (κ1) is 20.7. The molecule has 0 amide bonds. The lowest BCUT2D eigenvalue weighted by Gasteiger charge is -2.14. The third-order valence-corrected chi connectivity index (χ3v) is 5.14.